The minimum atomic E-state index is -0.606. The molecule has 4 nitrogen and oxygen atoms in total. The van der Waals surface area contributed by atoms with Gasteiger partial charge in [-0.15, -0.1) is 0 Å². The summed E-state index contributed by atoms with van der Waals surface area (Å²) in [5.41, 5.74) is 5.75. The number of benzene rings is 1. The number of amides is 1. The molecule has 0 aliphatic carbocycles. The third kappa shape index (κ3) is 1.55. The molecule has 0 saturated carbocycles. The number of halogens is 2. The summed E-state index contributed by atoms with van der Waals surface area (Å²) in [6.45, 7) is 0. The molecule has 0 fully saturated rings. The van der Waals surface area contributed by atoms with Crippen LogP contribution in [0.25, 0.3) is 10.9 Å². The summed E-state index contributed by atoms with van der Waals surface area (Å²) in [4.78, 5) is 13.7. The number of aromatic amines is 1. The Kier molecular flexibility index (Phi) is 2.59. The number of nitrogens with one attached hydrogen (secondary N) is 1. The third-order valence-electron chi connectivity index (χ3n) is 2.24. The van der Waals surface area contributed by atoms with E-state index in [2.05, 4.69) is 20.9 Å². The van der Waals surface area contributed by atoms with Crippen molar-refractivity contribution in [1.29, 1.82) is 0 Å². The van der Waals surface area contributed by atoms with Crippen LogP contribution in [0.2, 0.25) is 0 Å². The van der Waals surface area contributed by atoms with Crippen molar-refractivity contribution in [2.75, 3.05) is 7.11 Å². The van der Waals surface area contributed by atoms with Gasteiger partial charge in [-0.1, -0.05) is 0 Å². The number of carbonyl (C=O) groups is 1. The van der Waals surface area contributed by atoms with Gasteiger partial charge in [0.2, 0.25) is 0 Å². The van der Waals surface area contributed by atoms with Crippen LogP contribution in [-0.2, 0) is 0 Å². The number of rotatable bonds is 2. The maximum absolute atomic E-state index is 13.5. The van der Waals surface area contributed by atoms with Crippen molar-refractivity contribution in [3.63, 3.8) is 0 Å². The van der Waals surface area contributed by atoms with Crippen LogP contribution in [-0.4, -0.2) is 18.0 Å². The average Bonchev–Trinajstić information content (AvgIpc) is 2.63. The molecule has 6 heteroatoms. The summed E-state index contributed by atoms with van der Waals surface area (Å²) in [6.07, 6.45) is 0. The normalized spacial score (nSPS) is 10.7. The van der Waals surface area contributed by atoms with Crippen molar-refractivity contribution < 1.29 is 13.9 Å². The van der Waals surface area contributed by atoms with E-state index in [0.29, 0.717) is 15.4 Å². The van der Waals surface area contributed by atoms with Gasteiger partial charge in [-0.05, 0) is 28.1 Å². The molecule has 0 spiro atoms. The molecule has 0 aliphatic rings. The Morgan fingerprint density at radius 3 is 2.81 bits per heavy atom. The van der Waals surface area contributed by atoms with Crippen LogP contribution in [0.5, 0.6) is 5.75 Å². The Labute approximate surface area is 98.7 Å². The van der Waals surface area contributed by atoms with E-state index in [-0.39, 0.29) is 11.4 Å². The van der Waals surface area contributed by atoms with E-state index >= 15 is 0 Å². The predicted molar refractivity (Wildman–Crippen MR) is 61.0 cm³/mol. The van der Waals surface area contributed by atoms with Gasteiger partial charge >= 0.3 is 0 Å². The van der Waals surface area contributed by atoms with Crippen LogP contribution in [0.4, 0.5) is 4.39 Å². The molecule has 2 aromatic rings. The van der Waals surface area contributed by atoms with Crippen LogP contribution in [0.1, 0.15) is 10.5 Å². The molecule has 84 valence electrons. The number of nitrogens with two attached hydrogens (primary N) is 1. The molecule has 1 amide bonds. The van der Waals surface area contributed by atoms with Gasteiger partial charge in [0.05, 0.1) is 12.6 Å². The molecule has 1 aromatic heterocycles. The van der Waals surface area contributed by atoms with E-state index in [4.69, 9.17) is 10.5 Å². The monoisotopic (exact) mass is 286 g/mol. The fourth-order valence-corrected chi connectivity index (χ4v) is 2.04. The van der Waals surface area contributed by atoms with Gasteiger partial charge in [-0.3, -0.25) is 4.79 Å². The first-order valence-electron chi connectivity index (χ1n) is 4.39. The van der Waals surface area contributed by atoms with Crippen molar-refractivity contribution in [3.05, 3.63) is 28.1 Å². The molecule has 16 heavy (non-hydrogen) atoms. The Bertz CT molecular complexity index is 580. The lowest BCUT2D eigenvalue weighted by atomic mass is 10.2. The molecule has 0 bridgehead atoms. The molecule has 0 atom stereocenters. The van der Waals surface area contributed by atoms with E-state index in [1.165, 1.54) is 13.2 Å². The second-order valence-corrected chi connectivity index (χ2v) is 4.06. The van der Waals surface area contributed by atoms with Crippen LogP contribution < -0.4 is 10.5 Å². The second-order valence-electron chi connectivity index (χ2n) is 3.21. The maximum Gasteiger partial charge on any atom is 0.265 e. The maximum atomic E-state index is 13.5. The highest BCUT2D eigenvalue weighted by atomic mass is 79.9. The van der Waals surface area contributed by atoms with Crippen LogP contribution in [0.3, 0.4) is 0 Å². The lowest BCUT2D eigenvalue weighted by Gasteiger charge is -2.04. The zero-order valence-corrected chi connectivity index (χ0v) is 9.89. The standard InChI is InChI=1S/C10H8BrFN2O2/c1-16-9-6(12)3-5(11)4-2-7(10(13)15)14-8(4)9/h2-3,14H,1H3,(H2,13,15). The Balaban J connectivity index is 2.83. The van der Waals surface area contributed by atoms with Crippen molar-refractivity contribution >= 4 is 32.7 Å². The van der Waals surface area contributed by atoms with Crippen LogP contribution >= 0.6 is 15.9 Å². The number of ether oxygens (including phenoxy) is 1. The second kappa shape index (κ2) is 3.79. The molecular weight excluding hydrogens is 279 g/mol. The summed E-state index contributed by atoms with van der Waals surface area (Å²) in [6, 6.07) is 2.82. The summed E-state index contributed by atoms with van der Waals surface area (Å²) < 4.78 is 19.0. The molecule has 1 aromatic carbocycles. The summed E-state index contributed by atoms with van der Waals surface area (Å²) >= 11 is 3.21. The smallest absolute Gasteiger partial charge is 0.265 e. The van der Waals surface area contributed by atoms with Crippen molar-refractivity contribution in [3.8, 4) is 5.75 Å². The SMILES string of the molecule is COc1c(F)cc(Br)c2cc(C(N)=O)[nH]c12. The van der Waals surface area contributed by atoms with Gasteiger partial charge in [0, 0.05) is 9.86 Å². The summed E-state index contributed by atoms with van der Waals surface area (Å²) in [5, 5.41) is 0.645. The van der Waals surface area contributed by atoms with E-state index in [1.54, 1.807) is 6.07 Å². The molecule has 1 heterocycles. The quantitative estimate of drug-likeness (QED) is 0.888. The molecule has 0 aliphatic heterocycles. The molecule has 0 saturated heterocycles. The third-order valence-corrected chi connectivity index (χ3v) is 2.90. The van der Waals surface area contributed by atoms with E-state index < -0.39 is 11.7 Å². The summed E-state index contributed by atoms with van der Waals surface area (Å²) in [7, 11) is 1.36. The van der Waals surface area contributed by atoms with Crippen LogP contribution in [0.15, 0.2) is 16.6 Å². The molecule has 2 rings (SSSR count). The molecule has 0 radical (unpaired) electrons. The number of hydrogen-bond donors (Lipinski definition) is 2. The van der Waals surface area contributed by atoms with E-state index in [9.17, 15) is 9.18 Å². The first-order chi connectivity index (χ1) is 7.54. The zero-order chi connectivity index (χ0) is 11.9. The Morgan fingerprint density at radius 2 is 2.25 bits per heavy atom. The highest BCUT2D eigenvalue weighted by Gasteiger charge is 2.16. The highest BCUT2D eigenvalue weighted by molar-refractivity contribution is 9.10. The largest absolute Gasteiger partial charge is 0.492 e. The first kappa shape index (κ1) is 10.9. The van der Waals surface area contributed by atoms with E-state index in [1.807, 2.05) is 0 Å². The van der Waals surface area contributed by atoms with Crippen LogP contribution in [0, 0.1) is 5.82 Å². The fourth-order valence-electron chi connectivity index (χ4n) is 1.53. The number of H-pyrrole nitrogens is 1. The lowest BCUT2D eigenvalue weighted by molar-refractivity contribution is 0.0996. The van der Waals surface area contributed by atoms with E-state index in [0.717, 1.165) is 0 Å². The number of primary amides is 1. The number of fused-ring (bicyclic) bond motifs is 1. The lowest BCUT2D eigenvalue weighted by Crippen LogP contribution is -2.10. The van der Waals surface area contributed by atoms with Crippen molar-refractivity contribution in [2.45, 2.75) is 0 Å². The number of methoxy groups -OCH3 is 1. The fraction of sp³-hybridized carbons (Fsp3) is 0.100. The number of carbonyl (C=O) groups excluding carboxylic acids is 1. The van der Waals surface area contributed by atoms with Gasteiger partial charge in [0.15, 0.2) is 11.6 Å². The Hall–Kier alpha value is -1.56. The van der Waals surface area contributed by atoms with Gasteiger partial charge < -0.3 is 15.5 Å². The topological polar surface area (TPSA) is 68.1 Å². The minimum absolute atomic E-state index is 0.0608. The van der Waals surface area contributed by atoms with Gasteiger partial charge in [0.1, 0.15) is 5.69 Å². The minimum Gasteiger partial charge on any atom is -0.492 e. The molecule has 3 N–H and O–H groups in total. The number of aromatic nitrogens is 1. The van der Waals surface area contributed by atoms with Gasteiger partial charge in [-0.25, -0.2) is 4.39 Å². The van der Waals surface area contributed by atoms with Gasteiger partial charge in [0.25, 0.3) is 5.91 Å². The first-order valence-corrected chi connectivity index (χ1v) is 5.18. The average molecular weight is 287 g/mol. The predicted octanol–water partition coefficient (Wildman–Crippen LogP) is 2.18. The molecular formula is C10H8BrFN2O2. The zero-order valence-electron chi connectivity index (χ0n) is 8.30. The van der Waals surface area contributed by atoms with Crippen molar-refractivity contribution in [2.24, 2.45) is 5.73 Å². The van der Waals surface area contributed by atoms with Gasteiger partial charge in [-0.2, -0.15) is 0 Å². The molecule has 0 unspecified atom stereocenters. The summed E-state index contributed by atoms with van der Waals surface area (Å²) in [5.74, 6) is -1.06. The number of hydrogen-bond acceptors (Lipinski definition) is 2. The van der Waals surface area contributed by atoms with Crippen molar-refractivity contribution in [1.82, 2.24) is 4.98 Å². The Morgan fingerprint density at radius 1 is 1.56 bits per heavy atom. The highest BCUT2D eigenvalue weighted by Crippen LogP contribution is 2.34.